The molecular formula is C37H30O16. The number of hydrogen-bond donors (Lipinski definition) is 12. The number of phenols is 11. The summed E-state index contributed by atoms with van der Waals surface area (Å²) in [5.41, 5.74) is -0.810. The van der Waals surface area contributed by atoms with Gasteiger partial charge in [-0.15, -0.1) is 0 Å². The molecule has 0 radical (unpaired) electrons. The molecule has 16 nitrogen and oxygen atoms in total. The third-order valence-electron chi connectivity index (χ3n) is 9.21. The van der Waals surface area contributed by atoms with E-state index in [4.69, 9.17) is 14.2 Å². The molecule has 274 valence electrons. The van der Waals surface area contributed by atoms with E-state index < -0.39 is 105 Å². The van der Waals surface area contributed by atoms with E-state index in [1.165, 1.54) is 24.3 Å². The van der Waals surface area contributed by atoms with Gasteiger partial charge in [0.2, 0.25) is 0 Å². The molecule has 5 aromatic carbocycles. The second kappa shape index (κ2) is 12.6. The Bertz CT molecular complexity index is 2280. The van der Waals surface area contributed by atoms with Crippen LogP contribution < -0.4 is 9.47 Å². The highest BCUT2D eigenvalue weighted by molar-refractivity contribution is 5.91. The summed E-state index contributed by atoms with van der Waals surface area (Å²) in [5, 5.41) is 127. The number of benzene rings is 5. The van der Waals surface area contributed by atoms with Crippen molar-refractivity contribution in [3.63, 3.8) is 0 Å². The van der Waals surface area contributed by atoms with Crippen LogP contribution in [-0.2, 0) is 11.2 Å². The van der Waals surface area contributed by atoms with Crippen molar-refractivity contribution in [1.82, 2.24) is 0 Å². The number of aromatic hydroxyl groups is 11. The molecule has 0 bridgehead atoms. The summed E-state index contributed by atoms with van der Waals surface area (Å²) in [6, 6.07) is 11.9. The highest BCUT2D eigenvalue weighted by Gasteiger charge is 2.48. The molecule has 5 atom stereocenters. The molecule has 0 aromatic heterocycles. The van der Waals surface area contributed by atoms with Crippen LogP contribution in [0.3, 0.4) is 0 Å². The third-order valence-corrected chi connectivity index (χ3v) is 9.21. The molecule has 53 heavy (non-hydrogen) atoms. The van der Waals surface area contributed by atoms with Crippen molar-refractivity contribution in [2.24, 2.45) is 0 Å². The van der Waals surface area contributed by atoms with Crippen LogP contribution in [0, 0.1) is 0 Å². The molecule has 0 saturated carbocycles. The summed E-state index contributed by atoms with van der Waals surface area (Å²) in [6.07, 6.45) is -6.04. The van der Waals surface area contributed by atoms with E-state index in [9.17, 15) is 66.1 Å². The Labute approximate surface area is 297 Å². The van der Waals surface area contributed by atoms with Crippen molar-refractivity contribution in [3.8, 4) is 74.7 Å². The first-order valence-corrected chi connectivity index (χ1v) is 15.8. The Hall–Kier alpha value is -7.07. The van der Waals surface area contributed by atoms with E-state index in [1.54, 1.807) is 0 Å². The molecule has 0 aliphatic carbocycles. The molecular weight excluding hydrogens is 700 g/mol. The molecule has 7 rings (SSSR count). The highest BCUT2D eigenvalue weighted by atomic mass is 16.6. The lowest BCUT2D eigenvalue weighted by Gasteiger charge is -2.40. The summed E-state index contributed by atoms with van der Waals surface area (Å²) in [5.74, 6) is -10.4. The maximum atomic E-state index is 13.7. The van der Waals surface area contributed by atoms with E-state index in [1.807, 2.05) is 0 Å². The molecule has 2 heterocycles. The molecule has 0 amide bonds. The van der Waals surface area contributed by atoms with Gasteiger partial charge in [0, 0.05) is 46.9 Å². The summed E-state index contributed by atoms with van der Waals surface area (Å²) in [6.45, 7) is 0. The van der Waals surface area contributed by atoms with Gasteiger partial charge in [-0.1, -0.05) is 12.1 Å². The van der Waals surface area contributed by atoms with Gasteiger partial charge in [0.05, 0.1) is 17.6 Å². The van der Waals surface area contributed by atoms with Crippen LogP contribution in [0.1, 0.15) is 56.3 Å². The van der Waals surface area contributed by atoms with E-state index in [0.29, 0.717) is 0 Å². The van der Waals surface area contributed by atoms with Gasteiger partial charge in [0.15, 0.2) is 52.5 Å². The van der Waals surface area contributed by atoms with Gasteiger partial charge in [-0.2, -0.15) is 0 Å². The minimum absolute atomic E-state index is 0.0341. The van der Waals surface area contributed by atoms with Crippen LogP contribution >= 0.6 is 0 Å². The lowest BCUT2D eigenvalue weighted by atomic mass is 9.77. The van der Waals surface area contributed by atoms with Crippen molar-refractivity contribution in [3.05, 3.63) is 100 Å². The average Bonchev–Trinajstić information content (AvgIpc) is 3.10. The summed E-state index contributed by atoms with van der Waals surface area (Å²) < 4.78 is 18.0. The molecule has 0 spiro atoms. The number of esters is 1. The molecule has 16 heteroatoms. The highest BCUT2D eigenvalue weighted by Crippen LogP contribution is 2.57. The minimum atomic E-state index is -1.73. The van der Waals surface area contributed by atoms with Crippen molar-refractivity contribution in [2.45, 2.75) is 36.8 Å². The van der Waals surface area contributed by atoms with Gasteiger partial charge in [0.1, 0.15) is 40.6 Å². The number of aliphatic hydroxyl groups excluding tert-OH is 1. The number of aliphatic hydroxyl groups is 1. The molecule has 2 aliphatic rings. The fourth-order valence-corrected chi connectivity index (χ4v) is 6.72. The number of phenolic OH excluding ortho intramolecular Hbond substituents is 11. The first kappa shape index (κ1) is 34.4. The predicted octanol–water partition coefficient (Wildman–Crippen LogP) is 3.98. The lowest BCUT2D eigenvalue weighted by Crippen LogP contribution is -2.39. The van der Waals surface area contributed by atoms with Crippen LogP contribution in [0.2, 0.25) is 0 Å². The van der Waals surface area contributed by atoms with Crippen molar-refractivity contribution >= 4 is 5.97 Å². The predicted molar refractivity (Wildman–Crippen MR) is 178 cm³/mol. The normalized spacial score (nSPS) is 20.4. The van der Waals surface area contributed by atoms with E-state index in [2.05, 4.69) is 0 Å². The SMILES string of the molecule is O=C(OC1C(c2ccc(O)c(O)c2)Oc2cc(O)cc(O)c2C1c1c(O)cc2c(c1O)CC(O)C(c1ccc(O)c(O)c1)O2)c1cc(O)c(O)c(O)c1. The minimum Gasteiger partial charge on any atom is -0.508 e. The van der Waals surface area contributed by atoms with Crippen molar-refractivity contribution in [1.29, 1.82) is 0 Å². The first-order chi connectivity index (χ1) is 25.1. The lowest BCUT2D eigenvalue weighted by molar-refractivity contribution is -0.0275. The number of hydrogen-bond acceptors (Lipinski definition) is 16. The van der Waals surface area contributed by atoms with Crippen LogP contribution in [0.5, 0.6) is 74.7 Å². The van der Waals surface area contributed by atoms with E-state index in [-0.39, 0.29) is 45.7 Å². The van der Waals surface area contributed by atoms with Crippen LogP contribution in [0.15, 0.2) is 66.7 Å². The maximum Gasteiger partial charge on any atom is 0.338 e. The summed E-state index contributed by atoms with van der Waals surface area (Å²) in [4.78, 5) is 13.7. The first-order valence-electron chi connectivity index (χ1n) is 15.8. The molecule has 5 aromatic rings. The summed E-state index contributed by atoms with van der Waals surface area (Å²) in [7, 11) is 0. The van der Waals surface area contributed by atoms with Crippen molar-refractivity contribution in [2.75, 3.05) is 0 Å². The van der Waals surface area contributed by atoms with Gasteiger partial charge < -0.3 is 75.5 Å². The topological polar surface area (TPSA) is 288 Å². The Morgan fingerprint density at radius 3 is 1.74 bits per heavy atom. The van der Waals surface area contributed by atoms with Gasteiger partial charge in [-0.3, -0.25) is 0 Å². The molecule has 0 saturated heterocycles. The number of fused-ring (bicyclic) bond motifs is 2. The zero-order chi connectivity index (χ0) is 38.0. The molecule has 5 unspecified atom stereocenters. The maximum absolute atomic E-state index is 13.7. The molecule has 2 aliphatic heterocycles. The van der Waals surface area contributed by atoms with E-state index >= 15 is 0 Å². The Morgan fingerprint density at radius 2 is 1.13 bits per heavy atom. The monoisotopic (exact) mass is 730 g/mol. The summed E-state index contributed by atoms with van der Waals surface area (Å²) >= 11 is 0. The smallest absolute Gasteiger partial charge is 0.338 e. The van der Waals surface area contributed by atoms with E-state index in [0.717, 1.165) is 42.5 Å². The number of carbonyl (C=O) groups excluding carboxylic acids is 1. The van der Waals surface area contributed by atoms with Gasteiger partial charge in [-0.05, 0) is 42.0 Å². The Kier molecular flexibility index (Phi) is 8.18. The Balaban J connectivity index is 1.41. The van der Waals surface area contributed by atoms with Crippen LogP contribution in [0.25, 0.3) is 0 Å². The fraction of sp³-hybridized carbons (Fsp3) is 0.162. The standard InChI is InChI=1S/C37H30O16/c38-16-9-22(43)29-28(10-16)52-35(14-2-4-19(40)21(42)6-14)36(53-37(50)15-7-24(45)33(49)25(46)8-15)31(29)30-23(44)12-27-17(32(30)48)11-26(47)34(51-27)13-1-3-18(39)20(41)5-13/h1-10,12,26,31,34-36,38-49H,11H2. The third kappa shape index (κ3) is 5.85. The van der Waals surface area contributed by atoms with Gasteiger partial charge in [0.25, 0.3) is 0 Å². The molecule has 12 N–H and O–H groups in total. The number of rotatable bonds is 5. The fourth-order valence-electron chi connectivity index (χ4n) is 6.72. The number of carbonyl (C=O) groups is 1. The van der Waals surface area contributed by atoms with Gasteiger partial charge >= 0.3 is 5.97 Å². The Morgan fingerprint density at radius 1 is 0.566 bits per heavy atom. The van der Waals surface area contributed by atoms with Crippen molar-refractivity contribution < 1.29 is 80.3 Å². The van der Waals surface area contributed by atoms with Crippen LogP contribution in [-0.4, -0.2) is 79.5 Å². The van der Waals surface area contributed by atoms with Crippen LogP contribution in [0.4, 0.5) is 0 Å². The number of ether oxygens (including phenoxy) is 3. The van der Waals surface area contributed by atoms with Gasteiger partial charge in [-0.25, -0.2) is 4.79 Å². The zero-order valence-electron chi connectivity index (χ0n) is 26.9. The zero-order valence-corrected chi connectivity index (χ0v) is 26.9. The second-order valence-electron chi connectivity index (χ2n) is 12.6. The average molecular weight is 731 g/mol. The largest absolute Gasteiger partial charge is 0.508 e. The second-order valence-corrected chi connectivity index (χ2v) is 12.6. The quantitative estimate of drug-likeness (QED) is 0.0899. The molecule has 0 fully saturated rings.